The van der Waals surface area contributed by atoms with Gasteiger partial charge in [0.1, 0.15) is 0 Å². The number of hydrogen-bond acceptors (Lipinski definition) is 6. The lowest BCUT2D eigenvalue weighted by atomic mass is 9.89. The van der Waals surface area contributed by atoms with Crippen LogP contribution in [0.15, 0.2) is 17.2 Å². The van der Waals surface area contributed by atoms with Gasteiger partial charge in [0.2, 0.25) is 11.7 Å². The Bertz CT molecular complexity index is 659. The molecule has 8 heteroatoms. The van der Waals surface area contributed by atoms with Crippen LogP contribution >= 0.6 is 0 Å². The van der Waals surface area contributed by atoms with E-state index in [0.29, 0.717) is 22.8 Å². The van der Waals surface area contributed by atoms with E-state index in [-0.39, 0.29) is 24.3 Å². The van der Waals surface area contributed by atoms with Gasteiger partial charge in [-0.1, -0.05) is 19.3 Å². The molecule has 0 saturated heterocycles. The lowest BCUT2D eigenvalue weighted by Crippen LogP contribution is -2.38. The average Bonchev–Trinajstić information content (AvgIpc) is 2.71. The maximum absolute atomic E-state index is 12.0. The number of nitrogens with zero attached hydrogens (tertiary/aromatic N) is 1. The summed E-state index contributed by atoms with van der Waals surface area (Å²) in [6.45, 7) is -0.0953. The van der Waals surface area contributed by atoms with Crippen LogP contribution in [0.25, 0.3) is 0 Å². The number of amides is 2. The molecule has 1 aliphatic rings. The van der Waals surface area contributed by atoms with Crippen LogP contribution in [0.4, 0.5) is 0 Å². The molecule has 1 saturated carbocycles. The highest BCUT2D eigenvalue weighted by Gasteiger charge is 2.21. The molecule has 2 amide bonds. The highest BCUT2D eigenvalue weighted by molar-refractivity contribution is 5.87. The summed E-state index contributed by atoms with van der Waals surface area (Å²) < 4.78 is 15.8. The minimum atomic E-state index is -0.386. The Labute approximate surface area is 159 Å². The van der Waals surface area contributed by atoms with E-state index in [1.807, 2.05) is 0 Å². The van der Waals surface area contributed by atoms with Crippen LogP contribution in [0.2, 0.25) is 0 Å². The summed E-state index contributed by atoms with van der Waals surface area (Å²) in [5, 5.41) is 6.58. The molecule has 1 aromatic rings. The summed E-state index contributed by atoms with van der Waals surface area (Å²) in [5.74, 6) is 1.04. The molecule has 27 heavy (non-hydrogen) atoms. The van der Waals surface area contributed by atoms with Crippen LogP contribution in [-0.4, -0.2) is 45.9 Å². The molecule has 0 unspecified atom stereocenters. The van der Waals surface area contributed by atoms with Crippen LogP contribution in [0.5, 0.6) is 17.2 Å². The maximum atomic E-state index is 12.0. The molecular formula is C19H27N3O5. The van der Waals surface area contributed by atoms with Crippen LogP contribution in [0.1, 0.15) is 37.7 Å². The van der Waals surface area contributed by atoms with Crippen LogP contribution in [0, 0.1) is 5.92 Å². The van der Waals surface area contributed by atoms with Crippen LogP contribution in [0.3, 0.4) is 0 Å². The SMILES string of the molecule is COc1cc(/C=N/NC(=O)CNC(=O)C2CCCCC2)cc(OC)c1OC. The Morgan fingerprint density at radius 1 is 1.07 bits per heavy atom. The van der Waals surface area contributed by atoms with Gasteiger partial charge in [-0.2, -0.15) is 5.10 Å². The van der Waals surface area contributed by atoms with Gasteiger partial charge in [0.25, 0.3) is 5.91 Å². The number of carbonyl (C=O) groups is 2. The monoisotopic (exact) mass is 377 g/mol. The smallest absolute Gasteiger partial charge is 0.259 e. The molecule has 2 rings (SSSR count). The van der Waals surface area contributed by atoms with Crippen molar-refractivity contribution in [2.45, 2.75) is 32.1 Å². The van der Waals surface area contributed by atoms with Gasteiger partial charge in [0.15, 0.2) is 11.5 Å². The molecule has 0 spiro atoms. The number of hydrogen-bond donors (Lipinski definition) is 2. The average molecular weight is 377 g/mol. The van der Waals surface area contributed by atoms with Crippen molar-refractivity contribution < 1.29 is 23.8 Å². The predicted octanol–water partition coefficient (Wildman–Crippen LogP) is 1.86. The summed E-state index contributed by atoms with van der Waals surface area (Å²) >= 11 is 0. The predicted molar refractivity (Wildman–Crippen MR) is 101 cm³/mol. The maximum Gasteiger partial charge on any atom is 0.259 e. The number of benzene rings is 1. The standard InChI is InChI=1S/C19H27N3O5/c1-25-15-9-13(10-16(26-2)18(15)27-3)11-21-22-17(23)12-20-19(24)14-7-5-4-6-8-14/h9-11,14H,4-8,12H2,1-3H3,(H,20,24)(H,22,23)/b21-11+. The summed E-state index contributed by atoms with van der Waals surface area (Å²) in [6.07, 6.45) is 6.58. The van der Waals surface area contributed by atoms with E-state index in [2.05, 4.69) is 15.8 Å². The Kier molecular flexibility index (Phi) is 7.91. The highest BCUT2D eigenvalue weighted by Crippen LogP contribution is 2.37. The van der Waals surface area contributed by atoms with Gasteiger partial charge >= 0.3 is 0 Å². The number of hydrazone groups is 1. The Morgan fingerprint density at radius 3 is 2.26 bits per heavy atom. The number of rotatable bonds is 8. The van der Waals surface area contributed by atoms with Crippen molar-refractivity contribution in [2.75, 3.05) is 27.9 Å². The molecule has 0 bridgehead atoms. The molecule has 0 aromatic heterocycles. The molecule has 0 radical (unpaired) electrons. The van der Waals surface area contributed by atoms with E-state index in [4.69, 9.17) is 14.2 Å². The zero-order chi connectivity index (χ0) is 19.6. The van der Waals surface area contributed by atoms with Gasteiger partial charge < -0.3 is 19.5 Å². The topological polar surface area (TPSA) is 98.2 Å². The van der Waals surface area contributed by atoms with Crippen molar-refractivity contribution in [2.24, 2.45) is 11.0 Å². The first-order chi connectivity index (χ1) is 13.1. The van der Waals surface area contributed by atoms with Gasteiger partial charge in [-0.05, 0) is 25.0 Å². The minimum absolute atomic E-state index is 0.0225. The fourth-order valence-corrected chi connectivity index (χ4v) is 3.07. The van der Waals surface area contributed by atoms with Crippen LogP contribution in [-0.2, 0) is 9.59 Å². The number of methoxy groups -OCH3 is 3. The van der Waals surface area contributed by atoms with Gasteiger partial charge in [-0.3, -0.25) is 9.59 Å². The fraction of sp³-hybridized carbons (Fsp3) is 0.526. The summed E-state index contributed by atoms with van der Waals surface area (Å²) in [5.41, 5.74) is 3.06. The van der Waals surface area contributed by atoms with E-state index in [0.717, 1.165) is 25.7 Å². The lowest BCUT2D eigenvalue weighted by Gasteiger charge is -2.20. The van der Waals surface area contributed by atoms with Gasteiger partial charge in [-0.15, -0.1) is 0 Å². The Balaban J connectivity index is 1.87. The third-order valence-corrected chi connectivity index (χ3v) is 4.49. The van der Waals surface area contributed by atoms with Crippen molar-refractivity contribution in [1.29, 1.82) is 0 Å². The first-order valence-corrected chi connectivity index (χ1v) is 8.98. The summed E-state index contributed by atoms with van der Waals surface area (Å²) in [4.78, 5) is 23.9. The zero-order valence-corrected chi connectivity index (χ0v) is 16.0. The second-order valence-corrected chi connectivity index (χ2v) is 6.30. The molecule has 1 aliphatic carbocycles. The molecule has 0 heterocycles. The van der Waals surface area contributed by atoms with Gasteiger partial charge in [0, 0.05) is 11.5 Å². The number of nitrogens with one attached hydrogen (secondary N) is 2. The second kappa shape index (κ2) is 10.4. The van der Waals surface area contributed by atoms with E-state index < -0.39 is 0 Å². The Morgan fingerprint density at radius 2 is 1.70 bits per heavy atom. The van der Waals surface area contributed by atoms with Crippen molar-refractivity contribution in [3.05, 3.63) is 17.7 Å². The van der Waals surface area contributed by atoms with Crippen molar-refractivity contribution >= 4 is 18.0 Å². The lowest BCUT2D eigenvalue weighted by molar-refractivity contribution is -0.129. The quantitative estimate of drug-likeness (QED) is 0.532. The third-order valence-electron chi connectivity index (χ3n) is 4.49. The molecule has 148 valence electrons. The molecular weight excluding hydrogens is 350 g/mol. The second-order valence-electron chi connectivity index (χ2n) is 6.30. The van der Waals surface area contributed by atoms with Crippen molar-refractivity contribution in [3.63, 3.8) is 0 Å². The van der Waals surface area contributed by atoms with Crippen molar-refractivity contribution in [3.8, 4) is 17.2 Å². The largest absolute Gasteiger partial charge is 0.493 e. The summed E-state index contributed by atoms with van der Waals surface area (Å²) in [7, 11) is 4.57. The zero-order valence-electron chi connectivity index (χ0n) is 16.0. The third kappa shape index (κ3) is 5.87. The molecule has 0 aliphatic heterocycles. The summed E-state index contributed by atoms with van der Waals surface area (Å²) in [6, 6.07) is 3.42. The van der Waals surface area contributed by atoms with E-state index in [9.17, 15) is 9.59 Å². The number of carbonyl (C=O) groups excluding carboxylic acids is 2. The first kappa shape index (κ1) is 20.5. The van der Waals surface area contributed by atoms with Crippen LogP contribution < -0.4 is 25.0 Å². The van der Waals surface area contributed by atoms with E-state index in [1.165, 1.54) is 34.0 Å². The molecule has 1 fully saturated rings. The Hall–Kier alpha value is -2.77. The minimum Gasteiger partial charge on any atom is -0.493 e. The van der Waals surface area contributed by atoms with Crippen molar-refractivity contribution in [1.82, 2.24) is 10.7 Å². The van der Waals surface area contributed by atoms with Gasteiger partial charge in [-0.25, -0.2) is 5.43 Å². The van der Waals surface area contributed by atoms with E-state index in [1.54, 1.807) is 12.1 Å². The van der Waals surface area contributed by atoms with Gasteiger partial charge in [0.05, 0.1) is 34.1 Å². The van der Waals surface area contributed by atoms with E-state index >= 15 is 0 Å². The molecule has 0 atom stereocenters. The first-order valence-electron chi connectivity index (χ1n) is 8.98. The molecule has 1 aromatic carbocycles. The molecule has 8 nitrogen and oxygen atoms in total. The highest BCUT2D eigenvalue weighted by atomic mass is 16.5. The number of ether oxygens (including phenoxy) is 3. The fourth-order valence-electron chi connectivity index (χ4n) is 3.07. The molecule has 2 N–H and O–H groups in total. The normalized spacial score (nSPS) is 14.6.